The maximum absolute atomic E-state index is 9.13. The van der Waals surface area contributed by atoms with Gasteiger partial charge in [0.15, 0.2) is 0 Å². The third-order valence-electron chi connectivity index (χ3n) is 3.05. The van der Waals surface area contributed by atoms with Gasteiger partial charge in [0.2, 0.25) is 0 Å². The first-order chi connectivity index (χ1) is 6.66. The molecule has 0 saturated carbocycles. The van der Waals surface area contributed by atoms with E-state index >= 15 is 0 Å². The van der Waals surface area contributed by atoms with Gasteiger partial charge < -0.3 is 10.0 Å². The predicted molar refractivity (Wildman–Crippen MR) is 57.1 cm³/mol. The fraction of sp³-hybridized carbons (Fsp3) is 0.455. The second kappa shape index (κ2) is 3.75. The molecule has 1 aliphatic carbocycles. The van der Waals surface area contributed by atoms with Crippen LogP contribution in [0, 0.1) is 6.92 Å². The summed E-state index contributed by atoms with van der Waals surface area (Å²) in [5.74, 6) is 0.0179. The average molecular weight is 190 g/mol. The van der Waals surface area contributed by atoms with E-state index in [1.165, 1.54) is 16.7 Å². The Morgan fingerprint density at radius 2 is 2.07 bits per heavy atom. The zero-order chi connectivity index (χ0) is 10.1. The van der Waals surface area contributed by atoms with Gasteiger partial charge in [-0.15, -0.1) is 0 Å². The lowest BCUT2D eigenvalue weighted by molar-refractivity contribution is 0.374. The molecule has 1 aliphatic rings. The molecule has 0 aliphatic heterocycles. The number of hydrogen-bond acceptors (Lipinski definition) is 2. The highest BCUT2D eigenvalue weighted by Crippen LogP contribution is 2.30. The molecule has 0 saturated heterocycles. The van der Waals surface area contributed by atoms with Crippen molar-refractivity contribution in [2.45, 2.75) is 32.0 Å². The van der Waals surface area contributed by atoms with Crippen LogP contribution in [0.25, 0.3) is 0 Å². The van der Waals surface area contributed by atoms with Crippen molar-refractivity contribution < 1.29 is 10.0 Å². The molecule has 2 nitrogen and oxygen atoms in total. The Balaban J connectivity index is 2.24. The molecular formula is C11H15BO2. The van der Waals surface area contributed by atoms with Crippen LogP contribution in [-0.4, -0.2) is 17.2 Å². The molecule has 2 rings (SSSR count). The third kappa shape index (κ3) is 1.84. The molecule has 0 bridgehead atoms. The Morgan fingerprint density at radius 3 is 2.79 bits per heavy atom. The van der Waals surface area contributed by atoms with Gasteiger partial charge in [-0.2, -0.15) is 0 Å². The molecular weight excluding hydrogens is 175 g/mol. The van der Waals surface area contributed by atoms with Crippen LogP contribution < -0.4 is 0 Å². The van der Waals surface area contributed by atoms with Crippen LogP contribution in [0.15, 0.2) is 18.2 Å². The standard InChI is InChI=1S/C11H15BO2/c1-8-2-3-9-4-5-11(12(13)14)7-10(9)6-8/h2-3,6,11,13-14H,4-5,7H2,1H3. The molecule has 1 aromatic carbocycles. The summed E-state index contributed by atoms with van der Waals surface area (Å²) in [6.07, 6.45) is 2.65. The summed E-state index contributed by atoms with van der Waals surface area (Å²) in [7, 11) is -1.16. The van der Waals surface area contributed by atoms with E-state index < -0.39 is 7.12 Å². The summed E-state index contributed by atoms with van der Waals surface area (Å²) in [6, 6.07) is 6.43. The molecule has 1 aromatic rings. The normalized spacial score (nSPS) is 20.4. The zero-order valence-electron chi connectivity index (χ0n) is 8.40. The molecule has 14 heavy (non-hydrogen) atoms. The number of fused-ring (bicyclic) bond motifs is 1. The van der Waals surface area contributed by atoms with Gasteiger partial charge in [0.05, 0.1) is 0 Å². The van der Waals surface area contributed by atoms with E-state index in [4.69, 9.17) is 10.0 Å². The maximum atomic E-state index is 9.13. The van der Waals surface area contributed by atoms with Crippen LogP contribution in [0.5, 0.6) is 0 Å². The fourth-order valence-electron chi connectivity index (χ4n) is 2.17. The van der Waals surface area contributed by atoms with Crippen molar-refractivity contribution in [3.05, 3.63) is 34.9 Å². The Morgan fingerprint density at radius 1 is 1.29 bits per heavy atom. The lowest BCUT2D eigenvalue weighted by Gasteiger charge is -2.24. The molecule has 74 valence electrons. The van der Waals surface area contributed by atoms with E-state index in [1.807, 2.05) is 0 Å². The highest BCUT2D eigenvalue weighted by Gasteiger charge is 2.27. The van der Waals surface area contributed by atoms with Crippen molar-refractivity contribution >= 4 is 7.12 Å². The molecule has 0 heterocycles. The quantitative estimate of drug-likeness (QED) is 0.655. The molecule has 1 unspecified atom stereocenters. The van der Waals surface area contributed by atoms with E-state index in [1.54, 1.807) is 0 Å². The zero-order valence-corrected chi connectivity index (χ0v) is 8.40. The van der Waals surface area contributed by atoms with Gasteiger partial charge in [0, 0.05) is 0 Å². The molecule has 1 atom stereocenters. The average Bonchev–Trinajstić information content (AvgIpc) is 2.16. The number of aryl methyl sites for hydroxylation is 2. The van der Waals surface area contributed by atoms with Crippen molar-refractivity contribution in [3.8, 4) is 0 Å². The second-order valence-electron chi connectivity index (χ2n) is 4.19. The largest absolute Gasteiger partial charge is 0.455 e. The summed E-state index contributed by atoms with van der Waals surface area (Å²) >= 11 is 0. The van der Waals surface area contributed by atoms with Crippen LogP contribution in [0.2, 0.25) is 5.82 Å². The van der Waals surface area contributed by atoms with E-state index in [-0.39, 0.29) is 5.82 Å². The van der Waals surface area contributed by atoms with Gasteiger partial charge in [0.1, 0.15) is 0 Å². The van der Waals surface area contributed by atoms with Gasteiger partial charge in [0.25, 0.3) is 0 Å². The topological polar surface area (TPSA) is 40.5 Å². The molecule has 0 radical (unpaired) electrons. The highest BCUT2D eigenvalue weighted by atomic mass is 16.4. The van der Waals surface area contributed by atoms with Crippen LogP contribution in [0.1, 0.15) is 23.1 Å². The first kappa shape index (κ1) is 9.75. The Labute approximate surface area is 84.7 Å². The Bertz CT molecular complexity index is 336. The van der Waals surface area contributed by atoms with Crippen LogP contribution >= 0.6 is 0 Å². The third-order valence-corrected chi connectivity index (χ3v) is 3.05. The number of hydrogen-bond donors (Lipinski definition) is 2. The Hall–Kier alpha value is -0.795. The molecule has 0 spiro atoms. The fourth-order valence-corrected chi connectivity index (χ4v) is 2.17. The van der Waals surface area contributed by atoms with E-state index in [2.05, 4.69) is 25.1 Å². The van der Waals surface area contributed by atoms with Crippen LogP contribution in [0.4, 0.5) is 0 Å². The highest BCUT2D eigenvalue weighted by molar-refractivity contribution is 6.43. The van der Waals surface area contributed by atoms with Gasteiger partial charge >= 0.3 is 7.12 Å². The van der Waals surface area contributed by atoms with Crippen molar-refractivity contribution in [2.75, 3.05) is 0 Å². The molecule has 0 fully saturated rings. The maximum Gasteiger partial charge on any atom is 0.455 e. The summed E-state index contributed by atoms with van der Waals surface area (Å²) < 4.78 is 0. The van der Waals surface area contributed by atoms with Crippen molar-refractivity contribution in [1.29, 1.82) is 0 Å². The minimum absolute atomic E-state index is 0.0179. The molecule has 3 heteroatoms. The summed E-state index contributed by atoms with van der Waals surface area (Å²) in [5.41, 5.74) is 3.90. The summed E-state index contributed by atoms with van der Waals surface area (Å²) in [6.45, 7) is 2.07. The minimum atomic E-state index is -1.16. The van der Waals surface area contributed by atoms with Crippen LogP contribution in [-0.2, 0) is 12.8 Å². The van der Waals surface area contributed by atoms with Gasteiger partial charge in [-0.05, 0) is 43.1 Å². The minimum Gasteiger partial charge on any atom is -0.427 e. The van der Waals surface area contributed by atoms with Crippen LogP contribution in [0.3, 0.4) is 0 Å². The van der Waals surface area contributed by atoms with Gasteiger partial charge in [-0.3, -0.25) is 0 Å². The van der Waals surface area contributed by atoms with E-state index in [0.29, 0.717) is 0 Å². The van der Waals surface area contributed by atoms with Gasteiger partial charge in [-0.25, -0.2) is 0 Å². The Kier molecular flexibility index (Phi) is 2.61. The predicted octanol–water partition coefficient (Wildman–Crippen LogP) is 1.33. The van der Waals surface area contributed by atoms with Crippen molar-refractivity contribution in [1.82, 2.24) is 0 Å². The molecule has 0 amide bonds. The summed E-state index contributed by atoms with van der Waals surface area (Å²) in [5, 5.41) is 18.3. The van der Waals surface area contributed by atoms with Gasteiger partial charge in [-0.1, -0.05) is 23.8 Å². The number of rotatable bonds is 1. The summed E-state index contributed by atoms with van der Waals surface area (Å²) in [4.78, 5) is 0. The molecule has 0 aromatic heterocycles. The first-order valence-corrected chi connectivity index (χ1v) is 5.11. The second-order valence-corrected chi connectivity index (χ2v) is 4.19. The SMILES string of the molecule is Cc1ccc2c(c1)CC(B(O)O)CC2. The van der Waals surface area contributed by atoms with Crippen molar-refractivity contribution in [3.63, 3.8) is 0 Å². The lowest BCUT2D eigenvalue weighted by atomic mass is 9.64. The van der Waals surface area contributed by atoms with Crippen molar-refractivity contribution in [2.24, 2.45) is 0 Å². The first-order valence-electron chi connectivity index (χ1n) is 5.11. The number of benzene rings is 1. The van der Waals surface area contributed by atoms with E-state index in [0.717, 1.165) is 19.3 Å². The lowest BCUT2D eigenvalue weighted by Crippen LogP contribution is -2.25. The molecule has 2 N–H and O–H groups in total. The monoisotopic (exact) mass is 190 g/mol. The van der Waals surface area contributed by atoms with E-state index in [9.17, 15) is 0 Å². The smallest absolute Gasteiger partial charge is 0.427 e.